The Morgan fingerprint density at radius 3 is 2.46 bits per heavy atom. The Morgan fingerprint density at radius 2 is 1.85 bits per heavy atom. The molecule has 7 heteroatoms. The quantitative estimate of drug-likeness (QED) is 0.810. The number of carbonyl (C=O) groups excluding carboxylic acids is 1. The summed E-state index contributed by atoms with van der Waals surface area (Å²) in [4.78, 5) is 27.5. The molecule has 138 valence electrons. The van der Waals surface area contributed by atoms with E-state index in [2.05, 4.69) is 14.9 Å². The number of ether oxygens (including phenoxy) is 1. The highest BCUT2D eigenvalue weighted by molar-refractivity contribution is 5.94. The first-order valence-electron chi connectivity index (χ1n) is 8.71. The van der Waals surface area contributed by atoms with Crippen molar-refractivity contribution in [3.8, 4) is 5.75 Å². The Morgan fingerprint density at radius 1 is 1.15 bits per heavy atom. The first kappa shape index (κ1) is 18.1. The Balaban J connectivity index is 1.54. The first-order chi connectivity index (χ1) is 12.6. The molecule has 1 aromatic heterocycles. The number of aromatic nitrogens is 2. The van der Waals surface area contributed by atoms with Crippen molar-refractivity contribution in [1.29, 1.82) is 0 Å². The van der Waals surface area contributed by atoms with E-state index in [1.807, 2.05) is 54.5 Å². The van der Waals surface area contributed by atoms with E-state index in [1.165, 1.54) is 0 Å². The van der Waals surface area contributed by atoms with Gasteiger partial charge in [-0.3, -0.25) is 9.69 Å². The summed E-state index contributed by atoms with van der Waals surface area (Å²) >= 11 is 0. The summed E-state index contributed by atoms with van der Waals surface area (Å²) in [5, 5.41) is 0. The summed E-state index contributed by atoms with van der Waals surface area (Å²) in [5.41, 5.74) is 1.76. The van der Waals surface area contributed by atoms with Gasteiger partial charge in [-0.1, -0.05) is 6.07 Å². The fourth-order valence-corrected chi connectivity index (χ4v) is 2.97. The van der Waals surface area contributed by atoms with Crippen molar-refractivity contribution in [3.05, 3.63) is 47.8 Å². The lowest BCUT2D eigenvalue weighted by atomic mass is 10.1. The van der Waals surface area contributed by atoms with Gasteiger partial charge in [0.05, 0.1) is 7.11 Å². The van der Waals surface area contributed by atoms with Crippen LogP contribution in [-0.4, -0.2) is 73.1 Å². The zero-order chi connectivity index (χ0) is 18.5. The van der Waals surface area contributed by atoms with E-state index in [1.54, 1.807) is 13.2 Å². The molecule has 1 saturated heterocycles. The number of benzene rings is 1. The highest BCUT2D eigenvalue weighted by Gasteiger charge is 2.22. The van der Waals surface area contributed by atoms with E-state index in [9.17, 15) is 4.79 Å². The third-order valence-corrected chi connectivity index (χ3v) is 4.47. The minimum atomic E-state index is 0.0576. The van der Waals surface area contributed by atoms with Gasteiger partial charge in [-0.05, 0) is 18.2 Å². The maximum Gasteiger partial charge on any atom is 0.254 e. The molecule has 0 spiro atoms. The maximum absolute atomic E-state index is 12.7. The summed E-state index contributed by atoms with van der Waals surface area (Å²) < 4.78 is 5.21. The molecule has 0 aliphatic carbocycles. The second-order valence-corrected chi connectivity index (χ2v) is 6.59. The molecule has 0 bridgehead atoms. The number of piperazine rings is 1. The molecule has 3 rings (SSSR count). The molecule has 2 heterocycles. The third-order valence-electron chi connectivity index (χ3n) is 4.47. The normalized spacial score (nSPS) is 15.0. The van der Waals surface area contributed by atoms with Crippen molar-refractivity contribution in [3.63, 3.8) is 0 Å². The van der Waals surface area contributed by atoms with Crippen molar-refractivity contribution < 1.29 is 9.53 Å². The van der Waals surface area contributed by atoms with Gasteiger partial charge in [-0.2, -0.15) is 0 Å². The van der Waals surface area contributed by atoms with Gasteiger partial charge in [0.1, 0.15) is 5.75 Å². The lowest BCUT2D eigenvalue weighted by Gasteiger charge is -2.34. The van der Waals surface area contributed by atoms with Crippen LogP contribution in [0.25, 0.3) is 0 Å². The predicted octanol–water partition coefficient (Wildman–Crippen LogP) is 1.51. The Hall–Kier alpha value is -2.67. The number of hydrogen-bond acceptors (Lipinski definition) is 6. The fourth-order valence-electron chi connectivity index (χ4n) is 2.97. The molecule has 26 heavy (non-hydrogen) atoms. The summed E-state index contributed by atoms with van der Waals surface area (Å²) in [7, 11) is 5.46. The van der Waals surface area contributed by atoms with Crippen LogP contribution in [0.2, 0.25) is 0 Å². The van der Waals surface area contributed by atoms with Gasteiger partial charge < -0.3 is 14.5 Å². The lowest BCUT2D eigenvalue weighted by molar-refractivity contribution is 0.0628. The maximum atomic E-state index is 12.7. The van der Waals surface area contributed by atoms with Gasteiger partial charge in [-0.25, -0.2) is 9.97 Å². The highest BCUT2D eigenvalue weighted by Crippen LogP contribution is 2.16. The molecule has 0 N–H and O–H groups in total. The Labute approximate surface area is 154 Å². The van der Waals surface area contributed by atoms with Crippen molar-refractivity contribution in [2.75, 3.05) is 52.3 Å². The van der Waals surface area contributed by atoms with E-state index in [0.717, 1.165) is 25.2 Å². The molecular weight excluding hydrogens is 330 g/mol. The second-order valence-electron chi connectivity index (χ2n) is 6.59. The van der Waals surface area contributed by atoms with Crippen LogP contribution in [0.4, 0.5) is 5.95 Å². The molecule has 1 amide bonds. The zero-order valence-corrected chi connectivity index (χ0v) is 15.6. The van der Waals surface area contributed by atoms with Crippen molar-refractivity contribution in [1.82, 2.24) is 19.8 Å². The van der Waals surface area contributed by atoms with Crippen molar-refractivity contribution >= 4 is 11.9 Å². The van der Waals surface area contributed by atoms with Crippen molar-refractivity contribution in [2.45, 2.75) is 6.54 Å². The Kier molecular flexibility index (Phi) is 5.68. The van der Waals surface area contributed by atoms with Crippen LogP contribution in [0.5, 0.6) is 5.75 Å². The first-order valence-corrected chi connectivity index (χ1v) is 8.71. The molecule has 7 nitrogen and oxygen atoms in total. The number of methoxy groups -OCH3 is 1. The van der Waals surface area contributed by atoms with E-state index in [-0.39, 0.29) is 5.91 Å². The largest absolute Gasteiger partial charge is 0.497 e. The molecule has 1 fully saturated rings. The van der Waals surface area contributed by atoms with Gasteiger partial charge in [0, 0.05) is 70.3 Å². The van der Waals surface area contributed by atoms with E-state index in [0.29, 0.717) is 30.4 Å². The average Bonchev–Trinajstić information content (AvgIpc) is 2.68. The van der Waals surface area contributed by atoms with Gasteiger partial charge in [0.2, 0.25) is 5.95 Å². The SMILES string of the molecule is COc1cccc(C(=O)N2CCN(Cc3cnc(N(C)C)nc3)CC2)c1. The van der Waals surface area contributed by atoms with Crippen LogP contribution < -0.4 is 9.64 Å². The van der Waals surface area contributed by atoms with Crippen LogP contribution in [0.15, 0.2) is 36.7 Å². The van der Waals surface area contributed by atoms with Crippen LogP contribution >= 0.6 is 0 Å². The topological polar surface area (TPSA) is 61.8 Å². The predicted molar refractivity (Wildman–Crippen MR) is 101 cm³/mol. The van der Waals surface area contributed by atoms with Gasteiger partial charge in [0.15, 0.2) is 0 Å². The monoisotopic (exact) mass is 355 g/mol. The minimum Gasteiger partial charge on any atom is -0.497 e. The van der Waals surface area contributed by atoms with Crippen LogP contribution in [-0.2, 0) is 6.54 Å². The summed E-state index contributed by atoms with van der Waals surface area (Å²) in [6, 6.07) is 7.32. The number of anilines is 1. The summed E-state index contributed by atoms with van der Waals surface area (Å²) in [5.74, 6) is 1.47. The number of hydrogen-bond donors (Lipinski definition) is 0. The summed E-state index contributed by atoms with van der Waals surface area (Å²) in [6.07, 6.45) is 3.74. The number of carbonyl (C=O) groups is 1. The van der Waals surface area contributed by atoms with E-state index >= 15 is 0 Å². The second kappa shape index (κ2) is 8.14. The average molecular weight is 355 g/mol. The van der Waals surface area contributed by atoms with E-state index < -0.39 is 0 Å². The fraction of sp³-hybridized carbons (Fsp3) is 0.421. The highest BCUT2D eigenvalue weighted by atomic mass is 16.5. The third kappa shape index (κ3) is 4.29. The Bertz CT molecular complexity index is 740. The van der Waals surface area contributed by atoms with E-state index in [4.69, 9.17) is 4.74 Å². The molecule has 0 atom stereocenters. The molecule has 2 aromatic rings. The molecular formula is C19H25N5O2. The molecule has 1 aromatic carbocycles. The number of rotatable bonds is 5. The number of nitrogens with zero attached hydrogens (tertiary/aromatic N) is 5. The van der Waals surface area contributed by atoms with Gasteiger partial charge in [0.25, 0.3) is 5.91 Å². The minimum absolute atomic E-state index is 0.0576. The standard InChI is InChI=1S/C19H25N5O2/c1-22(2)19-20-12-15(13-21-19)14-23-7-9-24(10-8-23)18(25)16-5-4-6-17(11-16)26-3/h4-6,11-13H,7-10,14H2,1-3H3. The van der Waals surface area contributed by atoms with Gasteiger partial charge in [-0.15, -0.1) is 0 Å². The molecule has 0 saturated carbocycles. The zero-order valence-electron chi connectivity index (χ0n) is 15.6. The molecule has 0 radical (unpaired) electrons. The van der Waals surface area contributed by atoms with Crippen molar-refractivity contribution in [2.24, 2.45) is 0 Å². The molecule has 1 aliphatic rings. The van der Waals surface area contributed by atoms with Crippen LogP contribution in [0.1, 0.15) is 15.9 Å². The number of amides is 1. The lowest BCUT2D eigenvalue weighted by Crippen LogP contribution is -2.48. The molecule has 1 aliphatic heterocycles. The molecule has 0 unspecified atom stereocenters. The smallest absolute Gasteiger partial charge is 0.254 e. The van der Waals surface area contributed by atoms with Crippen LogP contribution in [0.3, 0.4) is 0 Å². The van der Waals surface area contributed by atoms with Gasteiger partial charge >= 0.3 is 0 Å². The van der Waals surface area contributed by atoms with Crippen LogP contribution in [0, 0.1) is 0 Å². The summed E-state index contributed by atoms with van der Waals surface area (Å²) in [6.45, 7) is 3.91.